The zero-order valence-corrected chi connectivity index (χ0v) is 17.9. The van der Waals surface area contributed by atoms with Gasteiger partial charge in [0.1, 0.15) is 17.1 Å². The molecule has 0 N–H and O–H groups in total. The molecule has 0 fully saturated rings. The normalized spacial score (nSPS) is 10.8. The van der Waals surface area contributed by atoms with Crippen molar-refractivity contribution in [2.24, 2.45) is 0 Å². The van der Waals surface area contributed by atoms with Crippen LogP contribution >= 0.6 is 0 Å². The number of carbonyl (C=O) groups excluding carboxylic acids is 2. The van der Waals surface area contributed by atoms with Gasteiger partial charge < -0.3 is 18.8 Å². The summed E-state index contributed by atoms with van der Waals surface area (Å²) in [6, 6.07) is 14.5. The number of nitrogens with zero attached hydrogens (tertiary/aromatic N) is 1. The zero-order chi connectivity index (χ0) is 23.3. The molecule has 0 aliphatic carbocycles. The molecule has 3 rings (SSSR count). The third-order valence-corrected chi connectivity index (χ3v) is 4.79. The first kappa shape index (κ1) is 23.0. The van der Waals surface area contributed by atoms with Crippen LogP contribution in [-0.2, 0) is 4.74 Å². The number of esters is 1. The summed E-state index contributed by atoms with van der Waals surface area (Å²) in [6.07, 6.45) is 0. The molecular weight excluding hydrogens is 420 g/mol. The van der Waals surface area contributed by atoms with Crippen LogP contribution in [0.1, 0.15) is 39.0 Å². The van der Waals surface area contributed by atoms with Gasteiger partial charge in [0.25, 0.3) is 0 Å². The van der Waals surface area contributed by atoms with E-state index in [2.05, 4.69) is 4.74 Å². The number of alkyl halides is 2. The summed E-state index contributed by atoms with van der Waals surface area (Å²) < 4.78 is 41.5. The molecule has 0 atom stereocenters. The molecule has 0 bridgehead atoms. The number of rotatable bonds is 9. The maximum absolute atomic E-state index is 12.8. The van der Waals surface area contributed by atoms with Crippen LogP contribution in [-0.4, -0.2) is 36.1 Å². The van der Waals surface area contributed by atoms with Crippen LogP contribution in [0.25, 0.3) is 5.69 Å². The molecule has 0 aliphatic heterocycles. The molecule has 1 heterocycles. The molecule has 3 aromatic rings. The Kier molecular flexibility index (Phi) is 7.25. The lowest BCUT2D eigenvalue weighted by molar-refractivity contribution is -0.0498. The van der Waals surface area contributed by atoms with E-state index in [0.29, 0.717) is 29.3 Å². The second-order valence-corrected chi connectivity index (χ2v) is 6.92. The Morgan fingerprint density at radius 3 is 2.34 bits per heavy atom. The lowest BCUT2D eigenvalue weighted by Gasteiger charge is -2.12. The van der Waals surface area contributed by atoms with Gasteiger partial charge in [-0.05, 0) is 63.2 Å². The van der Waals surface area contributed by atoms with Crippen LogP contribution in [0.4, 0.5) is 8.78 Å². The van der Waals surface area contributed by atoms with Gasteiger partial charge >= 0.3 is 12.6 Å². The fourth-order valence-corrected chi connectivity index (χ4v) is 3.42. The number of ether oxygens (including phenoxy) is 3. The minimum atomic E-state index is -2.90. The van der Waals surface area contributed by atoms with Crippen molar-refractivity contribution in [1.29, 1.82) is 0 Å². The van der Waals surface area contributed by atoms with Crippen LogP contribution < -0.4 is 9.47 Å². The van der Waals surface area contributed by atoms with E-state index in [-0.39, 0.29) is 17.1 Å². The molecular formula is C24H23F2NO5. The summed E-state index contributed by atoms with van der Waals surface area (Å²) in [5.41, 5.74) is 2.74. The summed E-state index contributed by atoms with van der Waals surface area (Å²) >= 11 is 0. The number of aromatic nitrogens is 1. The highest BCUT2D eigenvalue weighted by Gasteiger charge is 2.20. The van der Waals surface area contributed by atoms with Crippen molar-refractivity contribution in [3.63, 3.8) is 0 Å². The van der Waals surface area contributed by atoms with E-state index >= 15 is 0 Å². The number of halogens is 2. The van der Waals surface area contributed by atoms with E-state index in [1.165, 1.54) is 12.1 Å². The number of aryl methyl sites for hydroxylation is 1. The number of para-hydroxylation sites is 1. The molecule has 0 unspecified atom stereocenters. The van der Waals surface area contributed by atoms with Gasteiger partial charge in [-0.2, -0.15) is 8.78 Å². The van der Waals surface area contributed by atoms with Gasteiger partial charge in [0.15, 0.2) is 6.61 Å². The first-order valence-electron chi connectivity index (χ1n) is 9.98. The SMILES string of the molecule is CCOc1ccccc1C(=O)OCC(=O)c1cc(C)n(-c2ccc(OC(F)F)cc2)c1C. The number of carbonyl (C=O) groups is 2. The molecule has 168 valence electrons. The van der Waals surface area contributed by atoms with Crippen LogP contribution in [0.15, 0.2) is 54.6 Å². The van der Waals surface area contributed by atoms with Crippen molar-refractivity contribution in [3.05, 3.63) is 77.1 Å². The van der Waals surface area contributed by atoms with Gasteiger partial charge in [-0.25, -0.2) is 4.79 Å². The van der Waals surface area contributed by atoms with E-state index in [1.807, 2.05) is 11.5 Å². The molecule has 32 heavy (non-hydrogen) atoms. The molecule has 8 heteroatoms. The Morgan fingerprint density at radius 2 is 1.69 bits per heavy atom. The number of Topliss-reactive ketones (excluding diaryl/α,β-unsaturated/α-hetero) is 1. The van der Waals surface area contributed by atoms with Crippen molar-refractivity contribution in [1.82, 2.24) is 4.57 Å². The van der Waals surface area contributed by atoms with Crippen LogP contribution in [0.5, 0.6) is 11.5 Å². The summed E-state index contributed by atoms with van der Waals surface area (Å²) in [7, 11) is 0. The molecule has 0 spiro atoms. The minimum Gasteiger partial charge on any atom is -0.493 e. The smallest absolute Gasteiger partial charge is 0.387 e. The summed E-state index contributed by atoms with van der Waals surface area (Å²) in [5, 5.41) is 0. The van der Waals surface area contributed by atoms with Crippen molar-refractivity contribution >= 4 is 11.8 Å². The maximum Gasteiger partial charge on any atom is 0.387 e. The Morgan fingerprint density at radius 1 is 1.00 bits per heavy atom. The van der Waals surface area contributed by atoms with Crippen molar-refractivity contribution in [3.8, 4) is 17.2 Å². The van der Waals surface area contributed by atoms with Gasteiger partial charge in [-0.15, -0.1) is 0 Å². The van der Waals surface area contributed by atoms with Gasteiger partial charge in [-0.1, -0.05) is 12.1 Å². The summed E-state index contributed by atoms with van der Waals surface area (Å²) in [6.45, 7) is 2.45. The second-order valence-electron chi connectivity index (χ2n) is 6.92. The van der Waals surface area contributed by atoms with Gasteiger partial charge in [0.2, 0.25) is 5.78 Å². The topological polar surface area (TPSA) is 66.8 Å². The average molecular weight is 443 g/mol. The largest absolute Gasteiger partial charge is 0.493 e. The van der Waals surface area contributed by atoms with Crippen molar-refractivity contribution in [2.75, 3.05) is 13.2 Å². The number of hydrogen-bond acceptors (Lipinski definition) is 5. The summed E-state index contributed by atoms with van der Waals surface area (Å²) in [4.78, 5) is 25.2. The minimum absolute atomic E-state index is 0.0433. The molecule has 6 nitrogen and oxygen atoms in total. The van der Waals surface area contributed by atoms with E-state index in [0.717, 1.165) is 5.69 Å². The van der Waals surface area contributed by atoms with Crippen LogP contribution in [0.2, 0.25) is 0 Å². The van der Waals surface area contributed by atoms with E-state index in [1.54, 1.807) is 56.3 Å². The second kappa shape index (κ2) is 10.1. The first-order valence-corrected chi connectivity index (χ1v) is 9.98. The summed E-state index contributed by atoms with van der Waals surface area (Å²) in [5.74, 6) is -0.568. The number of ketones is 1. The van der Waals surface area contributed by atoms with E-state index in [4.69, 9.17) is 9.47 Å². The van der Waals surface area contributed by atoms with Gasteiger partial charge in [-0.3, -0.25) is 4.79 Å². The molecule has 1 aromatic heterocycles. The molecule has 0 saturated heterocycles. The monoisotopic (exact) mass is 443 g/mol. The molecule has 0 radical (unpaired) electrons. The third-order valence-electron chi connectivity index (χ3n) is 4.79. The predicted octanol–water partition coefficient (Wildman–Crippen LogP) is 5.13. The highest BCUT2D eigenvalue weighted by atomic mass is 19.3. The Labute approximate surface area is 184 Å². The van der Waals surface area contributed by atoms with E-state index in [9.17, 15) is 18.4 Å². The molecule has 0 amide bonds. The third kappa shape index (κ3) is 5.14. The van der Waals surface area contributed by atoms with Crippen LogP contribution in [0.3, 0.4) is 0 Å². The fourth-order valence-electron chi connectivity index (χ4n) is 3.42. The quantitative estimate of drug-likeness (QED) is 0.339. The number of hydrogen-bond donors (Lipinski definition) is 0. The molecule has 0 saturated carbocycles. The van der Waals surface area contributed by atoms with Crippen molar-refractivity contribution < 1.29 is 32.6 Å². The Hall–Kier alpha value is -3.68. The maximum atomic E-state index is 12.8. The standard InChI is InChI=1S/C24H23F2NO5/c1-4-30-22-8-6-5-7-19(22)23(29)31-14-21(28)20-13-15(2)27(16(20)3)17-9-11-18(12-10-17)32-24(25)26/h5-13,24H,4,14H2,1-3H3. The molecule has 0 aliphatic rings. The van der Waals surface area contributed by atoms with Gasteiger partial charge in [0.05, 0.1) is 6.61 Å². The lowest BCUT2D eigenvalue weighted by atomic mass is 10.1. The highest BCUT2D eigenvalue weighted by Crippen LogP contribution is 2.24. The zero-order valence-electron chi connectivity index (χ0n) is 17.9. The number of benzene rings is 2. The Bertz CT molecular complexity index is 1110. The van der Waals surface area contributed by atoms with Crippen molar-refractivity contribution in [2.45, 2.75) is 27.4 Å². The van der Waals surface area contributed by atoms with Crippen LogP contribution in [0, 0.1) is 13.8 Å². The highest BCUT2D eigenvalue weighted by molar-refractivity contribution is 6.01. The average Bonchev–Trinajstić information content (AvgIpc) is 3.06. The predicted molar refractivity (Wildman–Crippen MR) is 114 cm³/mol. The Balaban J connectivity index is 1.74. The first-order chi connectivity index (χ1) is 15.3. The lowest BCUT2D eigenvalue weighted by Crippen LogP contribution is -2.15. The van der Waals surface area contributed by atoms with E-state index < -0.39 is 19.2 Å². The van der Waals surface area contributed by atoms with Gasteiger partial charge in [0, 0.05) is 22.6 Å². The fraction of sp³-hybridized carbons (Fsp3) is 0.250. The molecule has 2 aromatic carbocycles.